The molecule has 0 unspecified atom stereocenters. The molecule has 0 aliphatic heterocycles. The first-order chi connectivity index (χ1) is 8.69. The fraction of sp³-hybridized carbons (Fsp3) is 0.214. The molecule has 0 aliphatic rings. The number of halogens is 1. The molecule has 2 rings (SSSR count). The monoisotopic (exact) mass is 296 g/mol. The lowest BCUT2D eigenvalue weighted by Crippen LogP contribution is -1.98. The summed E-state index contributed by atoms with van der Waals surface area (Å²) in [6.45, 7) is 2.10. The lowest BCUT2D eigenvalue weighted by atomic mass is 10.3. The second-order valence-electron chi connectivity index (χ2n) is 3.79. The van der Waals surface area contributed by atoms with Crippen LogP contribution in [0, 0.1) is 0 Å². The molecule has 1 heterocycles. The first-order valence-corrected chi connectivity index (χ1v) is 7.87. The Morgan fingerprint density at radius 1 is 1.22 bits per heavy atom. The summed E-state index contributed by atoms with van der Waals surface area (Å²) in [4.78, 5) is 15.2. The summed E-state index contributed by atoms with van der Waals surface area (Å²) in [5.41, 5.74) is 0. The normalized spacial score (nSPS) is 10.6. The molecule has 0 aliphatic carbocycles. The van der Waals surface area contributed by atoms with Gasteiger partial charge in [-0.3, -0.25) is 4.79 Å². The Morgan fingerprint density at radius 2 is 1.94 bits per heavy atom. The average molecular weight is 297 g/mol. The van der Waals surface area contributed by atoms with Crippen molar-refractivity contribution in [3.63, 3.8) is 0 Å². The average Bonchev–Trinajstić information content (AvgIpc) is 2.86. The number of rotatable bonds is 5. The second-order valence-corrected chi connectivity index (χ2v) is 6.44. The molecule has 0 saturated carbocycles. The van der Waals surface area contributed by atoms with Crippen LogP contribution in [0.2, 0.25) is 5.02 Å². The summed E-state index contributed by atoms with van der Waals surface area (Å²) in [5, 5.41) is 0.719. The van der Waals surface area contributed by atoms with Gasteiger partial charge in [0.05, 0.1) is 10.6 Å². The third kappa shape index (κ3) is 3.61. The number of aryl methyl sites for hydroxylation is 1. The topological polar surface area (TPSA) is 17.1 Å². The first-order valence-electron chi connectivity index (χ1n) is 5.69. The molecule has 0 radical (unpaired) electrons. The van der Waals surface area contributed by atoms with E-state index < -0.39 is 0 Å². The van der Waals surface area contributed by atoms with Crippen LogP contribution in [0.25, 0.3) is 0 Å². The molecular formula is C14H13ClOS2. The van der Waals surface area contributed by atoms with E-state index in [2.05, 4.69) is 6.92 Å². The molecule has 0 bridgehead atoms. The van der Waals surface area contributed by atoms with Gasteiger partial charge in [0.1, 0.15) is 0 Å². The van der Waals surface area contributed by atoms with E-state index in [0.29, 0.717) is 5.75 Å². The van der Waals surface area contributed by atoms with Gasteiger partial charge in [-0.25, -0.2) is 0 Å². The van der Waals surface area contributed by atoms with E-state index in [1.54, 1.807) is 23.1 Å². The van der Waals surface area contributed by atoms with Crippen LogP contribution in [0.1, 0.15) is 21.5 Å². The van der Waals surface area contributed by atoms with Gasteiger partial charge < -0.3 is 0 Å². The van der Waals surface area contributed by atoms with Gasteiger partial charge in [0, 0.05) is 14.8 Å². The molecule has 0 saturated heterocycles. The summed E-state index contributed by atoms with van der Waals surface area (Å²) in [6.07, 6.45) is 0.988. The van der Waals surface area contributed by atoms with Crippen molar-refractivity contribution < 1.29 is 4.79 Å². The molecule has 94 valence electrons. The van der Waals surface area contributed by atoms with Gasteiger partial charge in [-0.2, -0.15) is 0 Å². The summed E-state index contributed by atoms with van der Waals surface area (Å²) >= 11 is 8.96. The summed E-state index contributed by atoms with van der Waals surface area (Å²) < 4.78 is 0. The number of carbonyl (C=O) groups excluding carboxylic acids is 1. The number of ketones is 1. The van der Waals surface area contributed by atoms with Gasteiger partial charge in [-0.05, 0) is 42.8 Å². The van der Waals surface area contributed by atoms with E-state index in [9.17, 15) is 4.79 Å². The van der Waals surface area contributed by atoms with Crippen LogP contribution >= 0.6 is 34.7 Å². The van der Waals surface area contributed by atoms with Crippen molar-refractivity contribution in [2.45, 2.75) is 18.2 Å². The minimum atomic E-state index is 0.194. The number of Topliss-reactive ketones (excluding diaryl/α,β-unsaturated/α-hetero) is 1. The highest BCUT2D eigenvalue weighted by atomic mass is 35.5. The Hall–Kier alpha value is -0.770. The fourth-order valence-electron chi connectivity index (χ4n) is 1.47. The summed E-state index contributed by atoms with van der Waals surface area (Å²) in [7, 11) is 0. The van der Waals surface area contributed by atoms with E-state index in [4.69, 9.17) is 11.6 Å². The van der Waals surface area contributed by atoms with E-state index >= 15 is 0 Å². The number of carbonyl (C=O) groups is 1. The van der Waals surface area contributed by atoms with Gasteiger partial charge >= 0.3 is 0 Å². The van der Waals surface area contributed by atoms with Crippen molar-refractivity contribution in [2.75, 3.05) is 5.75 Å². The molecule has 1 aromatic carbocycles. The Labute approximate surface area is 120 Å². The van der Waals surface area contributed by atoms with Crippen LogP contribution in [0.3, 0.4) is 0 Å². The van der Waals surface area contributed by atoms with Crippen molar-refractivity contribution in [1.29, 1.82) is 0 Å². The van der Waals surface area contributed by atoms with Gasteiger partial charge in [0.25, 0.3) is 0 Å². The highest BCUT2D eigenvalue weighted by Crippen LogP contribution is 2.23. The first kappa shape index (κ1) is 13.7. The Morgan fingerprint density at radius 3 is 2.56 bits per heavy atom. The lowest BCUT2D eigenvalue weighted by molar-refractivity contribution is 0.102. The molecule has 2 aromatic rings. The second kappa shape index (κ2) is 6.41. The third-order valence-electron chi connectivity index (χ3n) is 2.47. The number of benzene rings is 1. The molecule has 0 amide bonds. The fourth-order valence-corrected chi connectivity index (χ4v) is 3.35. The van der Waals surface area contributed by atoms with E-state index in [0.717, 1.165) is 21.2 Å². The smallest absolute Gasteiger partial charge is 0.182 e. The van der Waals surface area contributed by atoms with Crippen LogP contribution in [0.4, 0.5) is 0 Å². The van der Waals surface area contributed by atoms with Crippen LogP contribution in [0.5, 0.6) is 0 Å². The van der Waals surface area contributed by atoms with Crippen LogP contribution < -0.4 is 0 Å². The third-order valence-corrected chi connectivity index (χ3v) is 5.00. The quantitative estimate of drug-likeness (QED) is 0.574. The molecule has 0 N–H and O–H groups in total. The molecule has 18 heavy (non-hydrogen) atoms. The van der Waals surface area contributed by atoms with Crippen LogP contribution in [-0.2, 0) is 6.42 Å². The highest BCUT2D eigenvalue weighted by molar-refractivity contribution is 8.00. The minimum absolute atomic E-state index is 0.194. The largest absolute Gasteiger partial charge is 0.292 e. The SMILES string of the molecule is CCc1ccc(C(=O)CSc2ccc(Cl)cc2)s1. The Bertz CT molecular complexity index is 531. The standard InChI is InChI=1S/C14H13ClOS2/c1-2-11-7-8-14(18-11)13(16)9-17-12-5-3-10(15)4-6-12/h3-8H,2,9H2,1H3. The van der Waals surface area contributed by atoms with E-state index in [1.807, 2.05) is 36.4 Å². The molecule has 1 aromatic heterocycles. The van der Waals surface area contributed by atoms with Crippen molar-refractivity contribution in [3.05, 3.63) is 51.2 Å². The molecule has 4 heteroatoms. The predicted molar refractivity (Wildman–Crippen MR) is 80.2 cm³/mol. The molecule has 1 nitrogen and oxygen atoms in total. The predicted octanol–water partition coefficient (Wildman–Crippen LogP) is 4.94. The maximum absolute atomic E-state index is 12.0. The molecule has 0 fully saturated rings. The van der Waals surface area contributed by atoms with E-state index in [1.165, 1.54) is 4.88 Å². The molecular weight excluding hydrogens is 284 g/mol. The van der Waals surface area contributed by atoms with Crippen molar-refractivity contribution >= 4 is 40.5 Å². The van der Waals surface area contributed by atoms with Crippen molar-refractivity contribution in [3.8, 4) is 0 Å². The number of thioether (sulfide) groups is 1. The van der Waals surface area contributed by atoms with Crippen molar-refractivity contribution in [1.82, 2.24) is 0 Å². The number of thiophene rings is 1. The highest BCUT2D eigenvalue weighted by Gasteiger charge is 2.09. The Kier molecular flexibility index (Phi) is 4.87. The van der Waals surface area contributed by atoms with Gasteiger partial charge in [0.2, 0.25) is 0 Å². The van der Waals surface area contributed by atoms with Crippen LogP contribution in [0.15, 0.2) is 41.3 Å². The summed E-state index contributed by atoms with van der Waals surface area (Å²) in [5.74, 6) is 0.672. The van der Waals surface area contributed by atoms with Gasteiger partial charge in [-0.1, -0.05) is 18.5 Å². The molecule has 0 atom stereocenters. The van der Waals surface area contributed by atoms with Crippen LogP contribution in [-0.4, -0.2) is 11.5 Å². The maximum atomic E-state index is 12.0. The summed E-state index contributed by atoms with van der Waals surface area (Å²) in [6, 6.07) is 11.5. The zero-order chi connectivity index (χ0) is 13.0. The zero-order valence-electron chi connectivity index (χ0n) is 9.98. The van der Waals surface area contributed by atoms with Gasteiger partial charge in [-0.15, -0.1) is 23.1 Å². The number of hydrogen-bond donors (Lipinski definition) is 0. The molecule has 0 spiro atoms. The van der Waals surface area contributed by atoms with Crippen molar-refractivity contribution in [2.24, 2.45) is 0 Å². The minimum Gasteiger partial charge on any atom is -0.292 e. The number of hydrogen-bond acceptors (Lipinski definition) is 3. The van der Waals surface area contributed by atoms with E-state index in [-0.39, 0.29) is 5.78 Å². The maximum Gasteiger partial charge on any atom is 0.182 e. The van der Waals surface area contributed by atoms with Gasteiger partial charge in [0.15, 0.2) is 5.78 Å². The zero-order valence-corrected chi connectivity index (χ0v) is 12.4. The lowest BCUT2D eigenvalue weighted by Gasteiger charge is -2.00. The Balaban J connectivity index is 1.93.